The summed E-state index contributed by atoms with van der Waals surface area (Å²) in [6.07, 6.45) is 3.85. The summed E-state index contributed by atoms with van der Waals surface area (Å²) >= 11 is 0. The molecular formula is C25H20F3N5O2. The van der Waals surface area contributed by atoms with Crippen LogP contribution in [-0.4, -0.2) is 27.9 Å². The highest BCUT2D eigenvalue weighted by Gasteiger charge is 2.33. The van der Waals surface area contributed by atoms with Crippen molar-refractivity contribution in [2.75, 3.05) is 10.6 Å². The van der Waals surface area contributed by atoms with Gasteiger partial charge in [-0.1, -0.05) is 30.4 Å². The predicted octanol–water partition coefficient (Wildman–Crippen LogP) is 5.30. The van der Waals surface area contributed by atoms with E-state index in [4.69, 9.17) is 0 Å². The summed E-state index contributed by atoms with van der Waals surface area (Å²) < 4.78 is 39.4. The van der Waals surface area contributed by atoms with Gasteiger partial charge in [0, 0.05) is 11.4 Å². The summed E-state index contributed by atoms with van der Waals surface area (Å²) in [5.41, 5.74) is 2.19. The van der Waals surface area contributed by atoms with Crippen molar-refractivity contribution in [3.05, 3.63) is 83.2 Å². The zero-order chi connectivity index (χ0) is 24.7. The van der Waals surface area contributed by atoms with Gasteiger partial charge < -0.3 is 20.9 Å². The average Bonchev–Trinajstić information content (AvgIpc) is 3.25. The van der Waals surface area contributed by atoms with Crippen molar-refractivity contribution in [1.29, 1.82) is 0 Å². The Bertz CT molecular complexity index is 1450. The van der Waals surface area contributed by atoms with Crippen LogP contribution in [0.2, 0.25) is 0 Å². The lowest BCUT2D eigenvalue weighted by atomic mass is 10.0. The Kier molecular flexibility index (Phi) is 5.43. The normalized spacial score (nSPS) is 17.4. The summed E-state index contributed by atoms with van der Waals surface area (Å²) in [5, 5.41) is 7.98. The van der Waals surface area contributed by atoms with Crippen molar-refractivity contribution in [2.24, 2.45) is 0 Å². The topological polar surface area (TPSA) is 98.9 Å². The molecule has 0 saturated heterocycles. The Morgan fingerprint density at radius 3 is 2.60 bits per heavy atom. The fourth-order valence-corrected chi connectivity index (χ4v) is 4.20. The van der Waals surface area contributed by atoms with Crippen molar-refractivity contribution in [1.82, 2.24) is 15.3 Å². The highest BCUT2D eigenvalue weighted by atomic mass is 19.4. The van der Waals surface area contributed by atoms with Crippen molar-refractivity contribution in [3.63, 3.8) is 0 Å². The molecule has 4 N–H and O–H groups in total. The van der Waals surface area contributed by atoms with E-state index in [1.807, 2.05) is 24.3 Å². The van der Waals surface area contributed by atoms with E-state index in [9.17, 15) is 22.8 Å². The van der Waals surface area contributed by atoms with Gasteiger partial charge in [-0.3, -0.25) is 4.79 Å². The van der Waals surface area contributed by atoms with Crippen molar-refractivity contribution in [2.45, 2.75) is 25.6 Å². The van der Waals surface area contributed by atoms with Crippen molar-refractivity contribution in [3.8, 4) is 0 Å². The van der Waals surface area contributed by atoms with E-state index in [2.05, 4.69) is 25.9 Å². The van der Waals surface area contributed by atoms with Gasteiger partial charge in [-0.2, -0.15) is 13.2 Å². The maximum Gasteiger partial charge on any atom is 0.416 e. The number of nitrogens with zero attached hydrogens (tertiary/aromatic N) is 1. The predicted molar refractivity (Wildman–Crippen MR) is 127 cm³/mol. The number of allylic oxidation sites excluding steroid dienone is 2. The number of carbonyl (C=O) groups excluding carboxylic acids is 2. The second-order valence-corrected chi connectivity index (χ2v) is 8.30. The molecule has 1 aliphatic heterocycles. The molecule has 2 heterocycles. The van der Waals surface area contributed by atoms with Crippen LogP contribution in [-0.2, 0) is 11.0 Å². The van der Waals surface area contributed by atoms with Crippen molar-refractivity contribution >= 4 is 39.9 Å². The van der Waals surface area contributed by atoms with Crippen LogP contribution in [0, 0.1) is 6.92 Å². The number of urea groups is 1. The van der Waals surface area contributed by atoms with Gasteiger partial charge in [-0.15, -0.1) is 0 Å². The lowest BCUT2D eigenvalue weighted by molar-refractivity contribution is -0.138. The number of fused-ring (bicyclic) bond motifs is 2. The minimum atomic E-state index is -4.52. The molecule has 0 bridgehead atoms. The Balaban J connectivity index is 1.36. The summed E-state index contributed by atoms with van der Waals surface area (Å²) in [7, 11) is 0. The summed E-state index contributed by atoms with van der Waals surface area (Å²) in [5.74, 6) is 0.209. The number of H-pyrrole nitrogens is 1. The third-order valence-corrected chi connectivity index (χ3v) is 5.87. The number of aromatic nitrogens is 2. The van der Waals surface area contributed by atoms with Gasteiger partial charge in [0.15, 0.2) is 0 Å². The number of aromatic amines is 1. The lowest BCUT2D eigenvalue weighted by Crippen LogP contribution is -2.27. The second-order valence-electron chi connectivity index (χ2n) is 8.30. The fourth-order valence-electron chi connectivity index (χ4n) is 4.20. The number of carbonyl (C=O) groups is 2. The number of hydrogen-bond donors (Lipinski definition) is 4. The SMILES string of the molecule is Cc1ccc(NC(=O)Nc2ccc3nc(C4=C5C=CC=CCC5NC4=O)[nH]c3c2)cc1C(F)(F)F. The Morgan fingerprint density at radius 1 is 1.09 bits per heavy atom. The molecular weight excluding hydrogens is 459 g/mol. The number of imidazole rings is 1. The zero-order valence-corrected chi connectivity index (χ0v) is 18.5. The first-order valence-corrected chi connectivity index (χ1v) is 10.8. The van der Waals surface area contributed by atoms with Crippen LogP contribution in [0.1, 0.15) is 23.4 Å². The van der Waals surface area contributed by atoms with E-state index in [0.29, 0.717) is 34.5 Å². The number of alkyl halides is 3. The molecule has 2 aliphatic rings. The number of amides is 3. The van der Waals surface area contributed by atoms with Gasteiger partial charge in [0.25, 0.3) is 5.91 Å². The number of hydrogen-bond acceptors (Lipinski definition) is 3. The molecule has 35 heavy (non-hydrogen) atoms. The Morgan fingerprint density at radius 2 is 1.83 bits per heavy atom. The molecule has 3 aromatic rings. The number of anilines is 2. The van der Waals surface area contributed by atoms with Crippen LogP contribution < -0.4 is 16.0 Å². The monoisotopic (exact) mass is 479 g/mol. The van der Waals surface area contributed by atoms with Gasteiger partial charge in [0.05, 0.1) is 28.2 Å². The maximum absolute atomic E-state index is 13.1. The summed E-state index contributed by atoms with van der Waals surface area (Å²) in [6.45, 7) is 1.36. The minimum absolute atomic E-state index is 0.0199. The molecule has 1 atom stereocenters. The second kappa shape index (κ2) is 8.46. The van der Waals surface area contributed by atoms with Gasteiger partial charge in [-0.25, -0.2) is 9.78 Å². The molecule has 0 saturated carbocycles. The smallest absolute Gasteiger partial charge is 0.345 e. The third kappa shape index (κ3) is 4.42. The highest BCUT2D eigenvalue weighted by Crippen LogP contribution is 2.34. The molecule has 7 nitrogen and oxygen atoms in total. The van der Waals surface area contributed by atoms with E-state index in [0.717, 1.165) is 11.6 Å². The number of rotatable bonds is 3. The molecule has 5 rings (SSSR count). The third-order valence-electron chi connectivity index (χ3n) is 5.87. The quantitative estimate of drug-likeness (QED) is 0.410. The highest BCUT2D eigenvalue weighted by molar-refractivity contribution is 6.23. The number of aryl methyl sites for hydroxylation is 1. The van der Waals surface area contributed by atoms with E-state index in [1.165, 1.54) is 19.1 Å². The molecule has 3 amide bonds. The van der Waals surface area contributed by atoms with Crippen LogP contribution in [0.5, 0.6) is 0 Å². The molecule has 0 radical (unpaired) electrons. The minimum Gasteiger partial charge on any atom is -0.345 e. The first kappa shape index (κ1) is 22.5. The molecule has 1 unspecified atom stereocenters. The van der Waals surface area contributed by atoms with Crippen LogP contribution in [0.25, 0.3) is 16.6 Å². The van der Waals surface area contributed by atoms with Crippen LogP contribution in [0.15, 0.2) is 66.3 Å². The molecule has 2 aromatic carbocycles. The van der Waals surface area contributed by atoms with Gasteiger partial charge in [-0.05, 0) is 54.8 Å². The summed E-state index contributed by atoms with van der Waals surface area (Å²) in [6, 6.07) is 7.73. The average molecular weight is 479 g/mol. The van der Waals surface area contributed by atoms with E-state index in [1.54, 1.807) is 18.2 Å². The fraction of sp³-hybridized carbons (Fsp3) is 0.160. The first-order valence-electron chi connectivity index (χ1n) is 10.8. The molecule has 178 valence electrons. The summed E-state index contributed by atoms with van der Waals surface area (Å²) in [4.78, 5) is 32.7. The lowest BCUT2D eigenvalue weighted by Gasteiger charge is -2.13. The molecule has 0 spiro atoms. The molecule has 1 aliphatic carbocycles. The molecule has 1 aromatic heterocycles. The van der Waals surface area contributed by atoms with Crippen molar-refractivity contribution < 1.29 is 22.8 Å². The van der Waals surface area contributed by atoms with Gasteiger partial charge in [0.1, 0.15) is 5.82 Å². The van der Waals surface area contributed by atoms with Gasteiger partial charge >= 0.3 is 12.2 Å². The first-order chi connectivity index (χ1) is 16.7. The maximum atomic E-state index is 13.1. The Hall–Kier alpha value is -4.34. The van der Waals surface area contributed by atoms with Crippen LogP contribution in [0.3, 0.4) is 0 Å². The van der Waals surface area contributed by atoms with E-state index < -0.39 is 17.8 Å². The number of benzene rings is 2. The van der Waals surface area contributed by atoms with E-state index >= 15 is 0 Å². The van der Waals surface area contributed by atoms with E-state index in [-0.39, 0.29) is 23.2 Å². The zero-order valence-electron chi connectivity index (χ0n) is 18.5. The molecule has 10 heteroatoms. The standard InChI is InChI=1S/C25H20F3N5O2/c1-13-7-8-14(11-17(13)25(26,27)28)29-24(35)30-15-9-10-19-20(12-15)32-22(31-19)21-16-5-3-2-4-6-18(16)33-23(21)34/h2-5,7-12,18H,6H2,1H3,(H,31,32)(H,33,34)(H2,29,30,35). The molecule has 0 fully saturated rings. The van der Waals surface area contributed by atoms with Crippen LogP contribution >= 0.6 is 0 Å². The van der Waals surface area contributed by atoms with Crippen LogP contribution in [0.4, 0.5) is 29.3 Å². The largest absolute Gasteiger partial charge is 0.416 e. The Labute approximate surface area is 197 Å². The number of nitrogens with one attached hydrogen (secondary N) is 4. The number of halogens is 3. The van der Waals surface area contributed by atoms with Gasteiger partial charge in [0.2, 0.25) is 0 Å².